The molecule has 0 aliphatic rings. The lowest BCUT2D eigenvalue weighted by Crippen LogP contribution is -2.04. The van der Waals surface area contributed by atoms with Gasteiger partial charge in [0.05, 0.1) is 11.5 Å². The maximum atomic E-state index is 10.8. The topological polar surface area (TPSA) is 110 Å². The Morgan fingerprint density at radius 2 is 2.35 bits per heavy atom. The summed E-state index contributed by atoms with van der Waals surface area (Å²) in [5.74, 6) is 0.433. The number of aromatic nitrogens is 4. The SMILES string of the molecule is O=[N+]([O-])c1cc(Br)ccc1NCc1nn[nH]n1. The highest BCUT2D eigenvalue weighted by molar-refractivity contribution is 9.10. The molecule has 0 atom stereocenters. The summed E-state index contributed by atoms with van der Waals surface area (Å²) in [7, 11) is 0. The first-order valence-electron chi connectivity index (χ1n) is 4.57. The van der Waals surface area contributed by atoms with E-state index in [1.807, 2.05) is 0 Å². The van der Waals surface area contributed by atoms with Crippen molar-refractivity contribution in [1.29, 1.82) is 0 Å². The Kier molecular flexibility index (Phi) is 3.28. The number of aromatic amines is 1. The van der Waals surface area contributed by atoms with E-state index in [1.54, 1.807) is 12.1 Å². The molecule has 0 aliphatic heterocycles. The van der Waals surface area contributed by atoms with E-state index in [4.69, 9.17) is 0 Å². The van der Waals surface area contributed by atoms with Gasteiger partial charge in [-0.1, -0.05) is 21.1 Å². The number of hydrogen-bond acceptors (Lipinski definition) is 6. The number of nitrogens with one attached hydrogen (secondary N) is 2. The molecule has 0 aliphatic carbocycles. The van der Waals surface area contributed by atoms with Crippen molar-refractivity contribution in [2.75, 3.05) is 5.32 Å². The van der Waals surface area contributed by atoms with Gasteiger partial charge in [-0.15, -0.1) is 10.2 Å². The molecule has 0 amide bonds. The quantitative estimate of drug-likeness (QED) is 0.653. The molecule has 0 radical (unpaired) electrons. The third-order valence-corrected chi connectivity index (χ3v) is 2.48. The average molecular weight is 299 g/mol. The van der Waals surface area contributed by atoms with Crippen LogP contribution in [0.3, 0.4) is 0 Å². The van der Waals surface area contributed by atoms with Crippen LogP contribution in [-0.4, -0.2) is 25.5 Å². The number of nitro groups is 1. The minimum Gasteiger partial charge on any atom is -0.372 e. The molecular weight excluding hydrogens is 292 g/mol. The number of hydrogen-bond donors (Lipinski definition) is 2. The predicted octanol–water partition coefficient (Wildman–Crippen LogP) is 1.48. The van der Waals surface area contributed by atoms with Gasteiger partial charge in [-0.3, -0.25) is 10.1 Å². The molecule has 1 aromatic carbocycles. The summed E-state index contributed by atoms with van der Waals surface area (Å²) in [6.45, 7) is 0.263. The van der Waals surface area contributed by atoms with Crippen LogP contribution >= 0.6 is 15.9 Å². The summed E-state index contributed by atoms with van der Waals surface area (Å²) < 4.78 is 0.648. The fraction of sp³-hybridized carbons (Fsp3) is 0.125. The van der Waals surface area contributed by atoms with Crippen molar-refractivity contribution in [1.82, 2.24) is 20.6 Å². The molecule has 88 valence electrons. The highest BCUT2D eigenvalue weighted by Crippen LogP contribution is 2.28. The zero-order valence-electron chi connectivity index (χ0n) is 8.42. The molecule has 0 saturated heterocycles. The summed E-state index contributed by atoms with van der Waals surface area (Å²) in [6, 6.07) is 4.76. The number of H-pyrrole nitrogens is 1. The van der Waals surface area contributed by atoms with Gasteiger partial charge in [0.25, 0.3) is 5.69 Å². The van der Waals surface area contributed by atoms with Gasteiger partial charge in [-0.25, -0.2) is 0 Å². The van der Waals surface area contributed by atoms with E-state index < -0.39 is 4.92 Å². The molecule has 0 fully saturated rings. The van der Waals surface area contributed by atoms with Crippen LogP contribution in [0.1, 0.15) is 5.82 Å². The number of anilines is 1. The first-order chi connectivity index (χ1) is 8.16. The van der Waals surface area contributed by atoms with Crippen molar-refractivity contribution in [3.05, 3.63) is 38.6 Å². The molecule has 2 rings (SSSR count). The molecule has 2 aromatic rings. The van der Waals surface area contributed by atoms with E-state index in [2.05, 4.69) is 41.9 Å². The van der Waals surface area contributed by atoms with Crippen LogP contribution in [0.4, 0.5) is 11.4 Å². The van der Waals surface area contributed by atoms with Gasteiger partial charge in [-0.2, -0.15) is 5.21 Å². The second kappa shape index (κ2) is 4.87. The van der Waals surface area contributed by atoms with Crippen molar-refractivity contribution in [2.24, 2.45) is 0 Å². The number of nitrogens with zero attached hydrogens (tertiary/aromatic N) is 4. The van der Waals surface area contributed by atoms with Crippen LogP contribution in [-0.2, 0) is 6.54 Å². The molecule has 0 saturated carbocycles. The smallest absolute Gasteiger partial charge is 0.293 e. The summed E-state index contributed by atoms with van der Waals surface area (Å²) >= 11 is 3.18. The van der Waals surface area contributed by atoms with Crippen LogP contribution in [0.5, 0.6) is 0 Å². The van der Waals surface area contributed by atoms with E-state index in [0.29, 0.717) is 16.0 Å². The van der Waals surface area contributed by atoms with Gasteiger partial charge >= 0.3 is 0 Å². The second-order valence-electron chi connectivity index (χ2n) is 3.10. The van der Waals surface area contributed by atoms with Gasteiger partial charge in [0.2, 0.25) is 0 Å². The predicted molar refractivity (Wildman–Crippen MR) is 62.3 cm³/mol. The van der Waals surface area contributed by atoms with Crippen LogP contribution in [0.25, 0.3) is 0 Å². The van der Waals surface area contributed by atoms with Gasteiger partial charge in [0.1, 0.15) is 5.69 Å². The number of benzene rings is 1. The first-order valence-corrected chi connectivity index (χ1v) is 5.36. The zero-order chi connectivity index (χ0) is 12.3. The summed E-state index contributed by atoms with van der Waals surface area (Å²) in [4.78, 5) is 10.4. The van der Waals surface area contributed by atoms with Crippen molar-refractivity contribution >= 4 is 27.3 Å². The van der Waals surface area contributed by atoms with E-state index in [-0.39, 0.29) is 12.2 Å². The van der Waals surface area contributed by atoms with Crippen LogP contribution in [0, 0.1) is 10.1 Å². The van der Waals surface area contributed by atoms with Crippen molar-refractivity contribution in [2.45, 2.75) is 6.54 Å². The first kappa shape index (κ1) is 11.5. The van der Waals surface area contributed by atoms with Gasteiger partial charge in [0.15, 0.2) is 5.82 Å². The minimum absolute atomic E-state index is 0.0112. The Morgan fingerprint density at radius 3 is 3.00 bits per heavy atom. The van der Waals surface area contributed by atoms with Crippen LogP contribution < -0.4 is 5.32 Å². The Balaban J connectivity index is 2.17. The van der Waals surface area contributed by atoms with E-state index >= 15 is 0 Å². The highest BCUT2D eigenvalue weighted by Gasteiger charge is 2.14. The highest BCUT2D eigenvalue weighted by atomic mass is 79.9. The molecule has 9 heteroatoms. The van der Waals surface area contributed by atoms with E-state index in [0.717, 1.165) is 0 Å². The minimum atomic E-state index is -0.455. The lowest BCUT2D eigenvalue weighted by Gasteiger charge is -2.04. The van der Waals surface area contributed by atoms with Gasteiger partial charge < -0.3 is 5.32 Å². The number of nitro benzene ring substituents is 1. The monoisotopic (exact) mass is 298 g/mol. The number of tetrazole rings is 1. The Labute approximate surface area is 104 Å². The second-order valence-corrected chi connectivity index (χ2v) is 4.02. The normalized spacial score (nSPS) is 10.2. The maximum Gasteiger partial charge on any atom is 0.293 e. The molecule has 0 unspecified atom stereocenters. The third kappa shape index (κ3) is 2.75. The van der Waals surface area contributed by atoms with Gasteiger partial charge in [-0.05, 0) is 12.1 Å². The fourth-order valence-corrected chi connectivity index (χ4v) is 1.59. The fourth-order valence-electron chi connectivity index (χ4n) is 1.24. The summed E-state index contributed by atoms with van der Waals surface area (Å²) in [5, 5.41) is 26.9. The molecule has 0 bridgehead atoms. The summed E-state index contributed by atoms with van der Waals surface area (Å²) in [5.41, 5.74) is 0.394. The molecule has 17 heavy (non-hydrogen) atoms. The van der Waals surface area contributed by atoms with Crippen LogP contribution in [0.15, 0.2) is 22.7 Å². The van der Waals surface area contributed by atoms with E-state index in [1.165, 1.54) is 6.07 Å². The maximum absolute atomic E-state index is 10.8. The largest absolute Gasteiger partial charge is 0.372 e. The lowest BCUT2D eigenvalue weighted by atomic mass is 10.2. The lowest BCUT2D eigenvalue weighted by molar-refractivity contribution is -0.384. The standard InChI is InChI=1S/C8H7BrN6O2/c9-5-1-2-6(7(3-5)15(16)17)10-4-8-11-13-14-12-8/h1-3,10H,4H2,(H,11,12,13,14). The van der Waals surface area contributed by atoms with Gasteiger partial charge in [0, 0.05) is 10.5 Å². The van der Waals surface area contributed by atoms with Crippen molar-refractivity contribution < 1.29 is 4.92 Å². The van der Waals surface area contributed by atoms with Crippen molar-refractivity contribution in [3.8, 4) is 0 Å². The molecule has 0 spiro atoms. The average Bonchev–Trinajstić information content (AvgIpc) is 2.80. The Morgan fingerprint density at radius 1 is 1.53 bits per heavy atom. The Bertz CT molecular complexity index is 529. The number of rotatable bonds is 4. The third-order valence-electron chi connectivity index (χ3n) is 1.98. The van der Waals surface area contributed by atoms with Crippen molar-refractivity contribution in [3.63, 3.8) is 0 Å². The van der Waals surface area contributed by atoms with Crippen LogP contribution in [0.2, 0.25) is 0 Å². The molecule has 2 N–H and O–H groups in total. The molecule has 1 heterocycles. The Hall–Kier alpha value is -2.03. The molecule has 1 aromatic heterocycles. The zero-order valence-corrected chi connectivity index (χ0v) is 10.0. The molecular formula is C8H7BrN6O2. The molecule has 8 nitrogen and oxygen atoms in total. The van der Waals surface area contributed by atoms with E-state index in [9.17, 15) is 10.1 Å². The summed E-state index contributed by atoms with van der Waals surface area (Å²) in [6.07, 6.45) is 0. The number of halogens is 1.